The Bertz CT molecular complexity index is 312. The number of amides is 1. The second-order valence-electron chi connectivity index (χ2n) is 2.56. The number of methoxy groups -OCH3 is 1. The molecule has 1 aromatic carbocycles. The van der Waals surface area contributed by atoms with Crippen LogP contribution in [0.2, 0.25) is 0 Å². The molecule has 0 aliphatic heterocycles. The van der Waals surface area contributed by atoms with E-state index < -0.39 is 0 Å². The van der Waals surface area contributed by atoms with E-state index in [1.54, 1.807) is 24.3 Å². The molecule has 0 bridgehead atoms. The number of carbonyl (C=O) groups excluding carboxylic acids is 2. The third-order valence-electron chi connectivity index (χ3n) is 1.40. The van der Waals surface area contributed by atoms with Gasteiger partial charge in [-0.25, -0.2) is 10.6 Å². The van der Waals surface area contributed by atoms with E-state index in [0.29, 0.717) is 5.56 Å². The van der Waals surface area contributed by atoms with Crippen molar-refractivity contribution in [2.75, 3.05) is 7.11 Å². The highest BCUT2D eigenvalue weighted by Crippen LogP contribution is 1.98. The summed E-state index contributed by atoms with van der Waals surface area (Å²) in [6.45, 7) is 1.35. The fourth-order valence-electron chi connectivity index (χ4n) is 0.692. The van der Waals surface area contributed by atoms with E-state index in [0.717, 1.165) is 0 Å². The lowest BCUT2D eigenvalue weighted by atomic mass is 10.2. The summed E-state index contributed by atoms with van der Waals surface area (Å²) in [4.78, 5) is 20.4. The zero-order valence-electron chi connectivity index (χ0n) is 8.69. The summed E-state index contributed by atoms with van der Waals surface area (Å²) in [5.74, 6) is 4.06. The molecule has 0 aliphatic rings. The molecule has 82 valence electrons. The largest absolute Gasteiger partial charge is 0.465 e. The fraction of sp³-hybridized carbons (Fsp3) is 0.200. The molecular formula is C10H14N2O3. The van der Waals surface area contributed by atoms with E-state index >= 15 is 0 Å². The minimum Gasteiger partial charge on any atom is -0.465 e. The number of hydrazine groups is 1. The van der Waals surface area contributed by atoms with Crippen LogP contribution in [0.5, 0.6) is 0 Å². The summed E-state index contributed by atoms with van der Waals surface area (Å²) < 4.78 is 4.50. The molecule has 0 heterocycles. The molecule has 0 atom stereocenters. The zero-order valence-corrected chi connectivity index (χ0v) is 8.69. The second-order valence-corrected chi connectivity index (χ2v) is 2.56. The molecule has 0 saturated carbocycles. The molecule has 0 unspecified atom stereocenters. The molecule has 1 rings (SSSR count). The molecule has 5 heteroatoms. The van der Waals surface area contributed by atoms with Crippen LogP contribution < -0.4 is 11.3 Å². The number of nitrogens with two attached hydrogens (primary N) is 1. The van der Waals surface area contributed by atoms with Crippen LogP contribution in [-0.2, 0) is 9.53 Å². The molecule has 5 nitrogen and oxygen atoms in total. The van der Waals surface area contributed by atoms with Crippen molar-refractivity contribution < 1.29 is 14.3 Å². The lowest BCUT2D eigenvalue weighted by molar-refractivity contribution is -0.119. The van der Waals surface area contributed by atoms with Crippen LogP contribution in [0.1, 0.15) is 17.3 Å². The van der Waals surface area contributed by atoms with Crippen molar-refractivity contribution in [3.63, 3.8) is 0 Å². The maximum Gasteiger partial charge on any atom is 0.337 e. The van der Waals surface area contributed by atoms with Gasteiger partial charge in [-0.15, -0.1) is 0 Å². The van der Waals surface area contributed by atoms with Gasteiger partial charge < -0.3 is 4.74 Å². The van der Waals surface area contributed by atoms with Crippen molar-refractivity contribution in [3.8, 4) is 0 Å². The molecule has 0 aromatic heterocycles. The van der Waals surface area contributed by atoms with Crippen LogP contribution in [0.4, 0.5) is 0 Å². The Morgan fingerprint density at radius 1 is 1.27 bits per heavy atom. The summed E-state index contributed by atoms with van der Waals surface area (Å²) in [6.07, 6.45) is 0. The summed E-state index contributed by atoms with van der Waals surface area (Å²) in [7, 11) is 1.37. The van der Waals surface area contributed by atoms with E-state index in [9.17, 15) is 9.59 Å². The SMILES string of the molecule is CC(=O)NN.COC(=O)c1ccccc1. The molecular weight excluding hydrogens is 196 g/mol. The highest BCUT2D eigenvalue weighted by molar-refractivity contribution is 5.89. The van der Waals surface area contributed by atoms with Crippen LogP contribution in [0.3, 0.4) is 0 Å². The Hall–Kier alpha value is -1.88. The minimum absolute atomic E-state index is 0.218. The number of rotatable bonds is 1. The summed E-state index contributed by atoms with van der Waals surface area (Å²) in [6, 6.07) is 8.88. The molecule has 0 spiro atoms. The minimum atomic E-state index is -0.291. The van der Waals surface area contributed by atoms with Crippen molar-refractivity contribution in [2.45, 2.75) is 6.92 Å². The van der Waals surface area contributed by atoms with Gasteiger partial charge in [0.2, 0.25) is 5.91 Å². The Labute approximate surface area is 88.2 Å². The van der Waals surface area contributed by atoms with Gasteiger partial charge in [0, 0.05) is 6.92 Å². The Morgan fingerprint density at radius 2 is 1.73 bits per heavy atom. The van der Waals surface area contributed by atoms with Crippen LogP contribution in [0.15, 0.2) is 30.3 Å². The average molecular weight is 210 g/mol. The number of carbonyl (C=O) groups is 2. The maximum atomic E-state index is 10.8. The van der Waals surface area contributed by atoms with Gasteiger partial charge in [0.1, 0.15) is 0 Å². The Balaban J connectivity index is 0.000000336. The molecule has 1 aromatic rings. The standard InChI is InChI=1S/C8H8O2.C2H6N2O/c1-10-8(9)7-5-3-2-4-6-7;1-2(5)4-3/h2-6H,1H3;3H2,1H3,(H,4,5). The number of nitrogens with one attached hydrogen (secondary N) is 1. The van der Waals surface area contributed by atoms with Crippen molar-refractivity contribution in [1.82, 2.24) is 5.43 Å². The van der Waals surface area contributed by atoms with Crippen LogP contribution in [0.25, 0.3) is 0 Å². The summed E-state index contributed by atoms with van der Waals surface area (Å²) in [5, 5.41) is 0. The molecule has 3 N–H and O–H groups in total. The lowest BCUT2D eigenvalue weighted by Gasteiger charge is -1.95. The maximum absolute atomic E-state index is 10.8. The number of hydrogen-bond donors (Lipinski definition) is 2. The van der Waals surface area contributed by atoms with Crippen molar-refractivity contribution in [2.24, 2.45) is 5.84 Å². The Morgan fingerprint density at radius 3 is 2.07 bits per heavy atom. The normalized spacial score (nSPS) is 8.20. The van der Waals surface area contributed by atoms with Crippen molar-refractivity contribution >= 4 is 11.9 Å². The quantitative estimate of drug-likeness (QED) is 0.305. The number of ether oxygens (including phenoxy) is 1. The van der Waals surface area contributed by atoms with Gasteiger partial charge in [-0.2, -0.15) is 0 Å². The molecule has 0 fully saturated rings. The summed E-state index contributed by atoms with van der Waals surface area (Å²) >= 11 is 0. The van der Waals surface area contributed by atoms with E-state index in [4.69, 9.17) is 0 Å². The molecule has 0 radical (unpaired) electrons. The number of hydrogen-bond acceptors (Lipinski definition) is 4. The van der Waals surface area contributed by atoms with Crippen molar-refractivity contribution in [1.29, 1.82) is 0 Å². The third kappa shape index (κ3) is 6.23. The van der Waals surface area contributed by atoms with Crippen LogP contribution in [-0.4, -0.2) is 19.0 Å². The monoisotopic (exact) mass is 210 g/mol. The highest BCUT2D eigenvalue weighted by atomic mass is 16.5. The zero-order chi connectivity index (χ0) is 11.7. The van der Waals surface area contributed by atoms with Gasteiger partial charge in [-0.1, -0.05) is 18.2 Å². The molecule has 15 heavy (non-hydrogen) atoms. The van der Waals surface area contributed by atoms with Gasteiger partial charge in [-0.3, -0.25) is 10.2 Å². The first kappa shape index (κ1) is 13.1. The fourth-order valence-corrected chi connectivity index (χ4v) is 0.692. The first-order valence-electron chi connectivity index (χ1n) is 4.22. The van der Waals surface area contributed by atoms with Gasteiger partial charge >= 0.3 is 5.97 Å². The van der Waals surface area contributed by atoms with Crippen molar-refractivity contribution in [3.05, 3.63) is 35.9 Å². The van der Waals surface area contributed by atoms with E-state index in [2.05, 4.69) is 10.6 Å². The van der Waals surface area contributed by atoms with Gasteiger partial charge in [0.15, 0.2) is 0 Å². The van der Waals surface area contributed by atoms with Crippen LogP contribution in [0, 0.1) is 0 Å². The topological polar surface area (TPSA) is 81.4 Å². The molecule has 0 saturated heterocycles. The third-order valence-corrected chi connectivity index (χ3v) is 1.40. The predicted octanol–water partition coefficient (Wildman–Crippen LogP) is 0.469. The number of benzene rings is 1. The molecule has 1 amide bonds. The second kappa shape index (κ2) is 7.52. The predicted molar refractivity (Wildman–Crippen MR) is 55.8 cm³/mol. The first-order valence-corrected chi connectivity index (χ1v) is 4.22. The van der Waals surface area contributed by atoms with E-state index in [1.807, 2.05) is 11.5 Å². The first-order chi connectivity index (χ1) is 7.11. The van der Waals surface area contributed by atoms with E-state index in [-0.39, 0.29) is 11.9 Å². The van der Waals surface area contributed by atoms with Gasteiger partial charge in [0.05, 0.1) is 12.7 Å². The lowest BCUT2D eigenvalue weighted by Crippen LogP contribution is -2.26. The smallest absolute Gasteiger partial charge is 0.337 e. The van der Waals surface area contributed by atoms with Gasteiger partial charge in [0.25, 0.3) is 0 Å². The molecule has 0 aliphatic carbocycles. The van der Waals surface area contributed by atoms with Crippen LogP contribution >= 0.6 is 0 Å². The number of esters is 1. The summed E-state index contributed by atoms with van der Waals surface area (Å²) in [5.41, 5.74) is 2.48. The van der Waals surface area contributed by atoms with E-state index in [1.165, 1.54) is 14.0 Å². The highest BCUT2D eigenvalue weighted by Gasteiger charge is 2.00. The average Bonchev–Trinajstić information content (AvgIpc) is 2.30. The Kier molecular flexibility index (Phi) is 6.57. The van der Waals surface area contributed by atoms with Gasteiger partial charge in [-0.05, 0) is 12.1 Å².